The molecule has 0 radical (unpaired) electrons. The van der Waals surface area contributed by atoms with Crippen molar-refractivity contribution in [3.8, 4) is 5.75 Å². The summed E-state index contributed by atoms with van der Waals surface area (Å²) in [6.45, 7) is 4.46. The fourth-order valence-electron chi connectivity index (χ4n) is 3.61. The van der Waals surface area contributed by atoms with Crippen LogP contribution in [0.4, 0.5) is 8.78 Å². The first kappa shape index (κ1) is 19.2. The van der Waals surface area contributed by atoms with E-state index in [0.29, 0.717) is 12.2 Å². The van der Waals surface area contributed by atoms with Crippen molar-refractivity contribution in [3.05, 3.63) is 29.3 Å². The smallest absolute Gasteiger partial charge is 0.201 e. The maximum atomic E-state index is 14.4. The minimum Gasteiger partial charge on any atom is -0.464 e. The molecule has 1 aliphatic carbocycles. The highest BCUT2D eigenvalue weighted by atomic mass is 19.2. The molecule has 24 heavy (non-hydrogen) atoms. The largest absolute Gasteiger partial charge is 0.464 e. The molecule has 0 aromatic heterocycles. The molecule has 1 aromatic carbocycles. The van der Waals surface area contributed by atoms with Crippen LogP contribution in [0.5, 0.6) is 5.75 Å². The van der Waals surface area contributed by atoms with E-state index in [4.69, 9.17) is 9.47 Å². The molecule has 0 bridgehead atoms. The third-order valence-electron chi connectivity index (χ3n) is 5.08. The van der Waals surface area contributed by atoms with Crippen LogP contribution in [0.15, 0.2) is 12.1 Å². The number of halogens is 2. The molecule has 136 valence electrons. The van der Waals surface area contributed by atoms with E-state index >= 15 is 0 Å². The lowest BCUT2D eigenvalue weighted by Gasteiger charge is -2.29. The second kappa shape index (κ2) is 9.97. The summed E-state index contributed by atoms with van der Waals surface area (Å²) in [5, 5.41) is 0. The molecule has 0 aliphatic heterocycles. The van der Waals surface area contributed by atoms with Crippen molar-refractivity contribution in [2.45, 2.75) is 71.1 Å². The molecule has 1 fully saturated rings. The van der Waals surface area contributed by atoms with Crippen LogP contribution in [-0.2, 0) is 4.74 Å². The van der Waals surface area contributed by atoms with Gasteiger partial charge in [-0.2, -0.15) is 4.39 Å². The Balaban J connectivity index is 1.92. The zero-order valence-electron chi connectivity index (χ0n) is 15.0. The Morgan fingerprint density at radius 1 is 1.00 bits per heavy atom. The fourth-order valence-corrected chi connectivity index (χ4v) is 3.61. The Morgan fingerprint density at radius 3 is 2.42 bits per heavy atom. The van der Waals surface area contributed by atoms with Gasteiger partial charge in [0.05, 0.1) is 0 Å². The Labute approximate surface area is 144 Å². The molecule has 0 amide bonds. The van der Waals surface area contributed by atoms with Gasteiger partial charge in [0.1, 0.15) is 0 Å². The number of rotatable bonds is 9. The number of benzene rings is 1. The lowest BCUT2D eigenvalue weighted by atomic mass is 9.77. The van der Waals surface area contributed by atoms with Crippen LogP contribution in [0, 0.1) is 17.6 Å². The van der Waals surface area contributed by atoms with Crippen molar-refractivity contribution >= 4 is 0 Å². The first-order chi connectivity index (χ1) is 11.7. The normalized spacial score (nSPS) is 21.0. The SMILES string of the molecule is CCCCCC1CCC(c2ccc(OCOCC)c(F)c2F)CC1. The van der Waals surface area contributed by atoms with Gasteiger partial charge in [0.2, 0.25) is 5.82 Å². The average Bonchev–Trinajstić information content (AvgIpc) is 2.60. The molecule has 1 aromatic rings. The van der Waals surface area contributed by atoms with Gasteiger partial charge in [-0.1, -0.05) is 38.7 Å². The summed E-state index contributed by atoms with van der Waals surface area (Å²) in [4.78, 5) is 0. The molecular formula is C20H30F2O2. The Hall–Kier alpha value is -1.16. The van der Waals surface area contributed by atoms with Crippen molar-refractivity contribution in [2.75, 3.05) is 13.4 Å². The van der Waals surface area contributed by atoms with Gasteiger partial charge in [0.15, 0.2) is 18.4 Å². The van der Waals surface area contributed by atoms with E-state index in [-0.39, 0.29) is 18.5 Å². The summed E-state index contributed by atoms with van der Waals surface area (Å²) in [5.74, 6) is -0.828. The van der Waals surface area contributed by atoms with Crippen LogP contribution in [0.1, 0.15) is 76.7 Å². The second-order valence-corrected chi connectivity index (χ2v) is 6.75. The topological polar surface area (TPSA) is 18.5 Å². The van der Waals surface area contributed by atoms with Gasteiger partial charge in [-0.15, -0.1) is 0 Å². The summed E-state index contributed by atoms with van der Waals surface area (Å²) < 4.78 is 38.7. The van der Waals surface area contributed by atoms with Crippen molar-refractivity contribution in [2.24, 2.45) is 5.92 Å². The molecule has 0 unspecified atom stereocenters. The molecule has 0 saturated heterocycles. The summed E-state index contributed by atoms with van der Waals surface area (Å²) in [7, 11) is 0. The van der Waals surface area contributed by atoms with Gasteiger partial charge < -0.3 is 9.47 Å². The highest BCUT2D eigenvalue weighted by Gasteiger charge is 2.26. The van der Waals surface area contributed by atoms with Gasteiger partial charge in [0, 0.05) is 6.61 Å². The van der Waals surface area contributed by atoms with E-state index in [0.717, 1.165) is 31.6 Å². The standard InChI is InChI=1S/C20H30F2O2/c1-3-5-6-7-15-8-10-16(11-9-15)17-12-13-18(20(22)19(17)21)24-14-23-4-2/h12-13,15-16H,3-11,14H2,1-2H3. The number of ether oxygens (including phenoxy) is 2. The molecule has 2 rings (SSSR count). The lowest BCUT2D eigenvalue weighted by molar-refractivity contribution is 0.0197. The highest BCUT2D eigenvalue weighted by molar-refractivity contribution is 5.33. The third kappa shape index (κ3) is 5.17. The molecule has 2 nitrogen and oxygen atoms in total. The molecular weight excluding hydrogens is 310 g/mol. The van der Waals surface area contributed by atoms with Crippen molar-refractivity contribution < 1.29 is 18.3 Å². The van der Waals surface area contributed by atoms with Gasteiger partial charge in [-0.25, -0.2) is 4.39 Å². The molecule has 0 atom stereocenters. The van der Waals surface area contributed by atoms with Gasteiger partial charge in [0.25, 0.3) is 0 Å². The van der Waals surface area contributed by atoms with E-state index < -0.39 is 11.6 Å². The van der Waals surface area contributed by atoms with Crippen LogP contribution < -0.4 is 4.74 Å². The van der Waals surface area contributed by atoms with Gasteiger partial charge in [-0.3, -0.25) is 0 Å². The predicted molar refractivity (Wildman–Crippen MR) is 92.3 cm³/mol. The summed E-state index contributed by atoms with van der Waals surface area (Å²) in [6, 6.07) is 3.21. The van der Waals surface area contributed by atoms with E-state index in [1.165, 1.54) is 31.7 Å². The monoisotopic (exact) mass is 340 g/mol. The lowest BCUT2D eigenvalue weighted by Crippen LogP contribution is -2.15. The molecule has 0 N–H and O–H groups in total. The zero-order valence-corrected chi connectivity index (χ0v) is 15.0. The fraction of sp³-hybridized carbons (Fsp3) is 0.700. The molecule has 1 saturated carbocycles. The maximum absolute atomic E-state index is 14.4. The van der Waals surface area contributed by atoms with Crippen molar-refractivity contribution in [1.29, 1.82) is 0 Å². The number of unbranched alkanes of at least 4 members (excludes halogenated alkanes) is 2. The van der Waals surface area contributed by atoms with Crippen LogP contribution in [0.3, 0.4) is 0 Å². The highest BCUT2D eigenvalue weighted by Crippen LogP contribution is 2.40. The summed E-state index contributed by atoms with van der Waals surface area (Å²) in [5.41, 5.74) is 0.503. The average molecular weight is 340 g/mol. The summed E-state index contributed by atoms with van der Waals surface area (Å²) >= 11 is 0. The van der Waals surface area contributed by atoms with Gasteiger partial charge >= 0.3 is 0 Å². The van der Waals surface area contributed by atoms with Crippen LogP contribution in [0.25, 0.3) is 0 Å². The first-order valence-corrected chi connectivity index (χ1v) is 9.35. The molecule has 0 spiro atoms. The Morgan fingerprint density at radius 2 is 1.75 bits per heavy atom. The maximum Gasteiger partial charge on any atom is 0.201 e. The third-order valence-corrected chi connectivity index (χ3v) is 5.08. The minimum absolute atomic E-state index is 0.0604. The minimum atomic E-state index is -0.891. The Kier molecular flexibility index (Phi) is 7.97. The molecule has 0 heterocycles. The predicted octanol–water partition coefficient (Wildman–Crippen LogP) is 6.19. The van der Waals surface area contributed by atoms with Crippen molar-refractivity contribution in [3.63, 3.8) is 0 Å². The van der Waals surface area contributed by atoms with E-state index in [1.807, 2.05) is 6.92 Å². The molecule has 1 aliphatic rings. The number of hydrogen-bond acceptors (Lipinski definition) is 2. The van der Waals surface area contributed by atoms with E-state index in [9.17, 15) is 8.78 Å². The van der Waals surface area contributed by atoms with Crippen molar-refractivity contribution in [1.82, 2.24) is 0 Å². The van der Waals surface area contributed by atoms with Crippen LogP contribution in [-0.4, -0.2) is 13.4 Å². The Bertz CT molecular complexity index is 497. The summed E-state index contributed by atoms with van der Waals surface area (Å²) in [6.07, 6.45) is 9.26. The molecule has 4 heteroatoms. The van der Waals surface area contributed by atoms with E-state index in [1.54, 1.807) is 6.07 Å². The zero-order chi connectivity index (χ0) is 17.4. The number of hydrogen-bond donors (Lipinski definition) is 0. The quantitative estimate of drug-likeness (QED) is 0.394. The first-order valence-electron chi connectivity index (χ1n) is 9.35. The van der Waals surface area contributed by atoms with E-state index in [2.05, 4.69) is 6.92 Å². The second-order valence-electron chi connectivity index (χ2n) is 6.75. The van der Waals surface area contributed by atoms with Crippen LogP contribution >= 0.6 is 0 Å². The van der Waals surface area contributed by atoms with Gasteiger partial charge in [-0.05, 0) is 56.1 Å². The van der Waals surface area contributed by atoms with Crippen LogP contribution in [0.2, 0.25) is 0 Å².